The van der Waals surface area contributed by atoms with Crippen LogP contribution in [0.15, 0.2) is 0 Å². The van der Waals surface area contributed by atoms with E-state index in [4.69, 9.17) is 20.7 Å². The molecule has 2 N–H and O–H groups in total. The number of aliphatic hydroxyl groups is 2. The Morgan fingerprint density at radius 3 is 1.00 bits per heavy atom. The molecule has 4 nitrogen and oxygen atoms in total. The summed E-state index contributed by atoms with van der Waals surface area (Å²) in [7, 11) is 0. The van der Waals surface area contributed by atoms with E-state index in [1.165, 1.54) is 0 Å². The predicted octanol–water partition coefficient (Wildman–Crippen LogP) is -0.701. The summed E-state index contributed by atoms with van der Waals surface area (Å²) in [5, 5.41) is 27.5. The van der Waals surface area contributed by atoms with Gasteiger partial charge >= 0.3 is 0 Å². The largest absolute Gasteiger partial charge is 0.443 e. The molecule has 0 aliphatic heterocycles. The molecule has 0 aliphatic carbocycles. The molecule has 7 heavy (non-hydrogen) atoms. The second kappa shape index (κ2) is 70.9. The van der Waals surface area contributed by atoms with Crippen LogP contribution >= 0.6 is 0 Å². The van der Waals surface area contributed by atoms with Crippen LogP contribution in [0.4, 0.5) is 0 Å². The molecule has 0 aromatic rings. The van der Waals surface area contributed by atoms with Gasteiger partial charge in [0.15, 0.2) is 0 Å². The molecule has 0 aromatic carbocycles. The molecule has 0 unspecified atom stereocenters. The number of hydrogen-bond acceptors (Lipinski definition) is 4. The number of rotatable bonds is 0. The minimum atomic E-state index is 0. The van der Waals surface area contributed by atoms with Crippen LogP contribution in [0.3, 0.4) is 0 Å². The van der Waals surface area contributed by atoms with Gasteiger partial charge in [0.1, 0.15) is 0 Å². The molecule has 0 atom stereocenters. The molecule has 0 aliphatic rings. The van der Waals surface area contributed by atoms with Crippen molar-refractivity contribution in [1.29, 1.82) is 10.5 Å². The van der Waals surface area contributed by atoms with Crippen molar-refractivity contribution in [3.05, 3.63) is 0 Å². The van der Waals surface area contributed by atoms with E-state index in [-0.39, 0.29) is 17.1 Å². The Balaban J connectivity index is -0.0000000400. The zero-order chi connectivity index (χ0) is 5.41. The summed E-state index contributed by atoms with van der Waals surface area (Å²) >= 11 is 0. The Bertz CT molecular complexity index is 68.7. The van der Waals surface area contributed by atoms with E-state index in [0.29, 0.717) is 0 Å². The van der Waals surface area contributed by atoms with Crippen molar-refractivity contribution in [2.24, 2.45) is 0 Å². The van der Waals surface area contributed by atoms with Crippen LogP contribution in [0.1, 0.15) is 0 Å². The van der Waals surface area contributed by atoms with Crippen molar-refractivity contribution in [3.63, 3.8) is 0 Å². The van der Waals surface area contributed by atoms with Gasteiger partial charge in [-0.05, 0) is 0 Å². The summed E-state index contributed by atoms with van der Waals surface area (Å²) in [6.07, 6.45) is 1.50. The van der Waals surface area contributed by atoms with Crippen LogP contribution in [0.2, 0.25) is 0 Å². The fourth-order valence-corrected chi connectivity index (χ4v) is 0. The zero-order valence-corrected chi connectivity index (χ0v) is 4.91. The third-order valence-electron chi connectivity index (χ3n) is 0. The van der Waals surface area contributed by atoms with Gasteiger partial charge in [0.2, 0.25) is 0 Å². The molecule has 0 bridgehead atoms. The minimum absolute atomic E-state index is 0. The number of hydrogen-bond donors (Lipinski definition) is 2. The monoisotopic (exact) mass is 166 g/mol. The second-order valence-corrected chi connectivity index (χ2v) is 0.200. The van der Waals surface area contributed by atoms with Gasteiger partial charge in [0.05, 0.1) is 0 Å². The number of nitrogens with zero attached hydrogens (tertiary/aromatic N) is 2. The van der Waals surface area contributed by atoms with Crippen molar-refractivity contribution >= 4 is 17.1 Å². The Labute approximate surface area is 51.1 Å². The molecule has 0 saturated heterocycles. The molecule has 2 radical (unpaired) electrons. The Morgan fingerprint density at radius 2 is 1.00 bits per heavy atom. The fourth-order valence-electron chi connectivity index (χ4n) is 0. The molecule has 0 fully saturated rings. The third-order valence-corrected chi connectivity index (χ3v) is 0. The molecule has 5 heteroatoms. The van der Waals surface area contributed by atoms with E-state index in [1.54, 1.807) is 0 Å². The zero-order valence-electron chi connectivity index (χ0n) is 3.20. The first kappa shape index (κ1) is 16.5. The van der Waals surface area contributed by atoms with E-state index in [9.17, 15) is 0 Å². The van der Waals surface area contributed by atoms with Gasteiger partial charge in [-0.1, -0.05) is 0 Å². The van der Waals surface area contributed by atoms with Gasteiger partial charge in [-0.15, -0.1) is 0 Å². The van der Waals surface area contributed by atoms with Crippen molar-refractivity contribution in [3.8, 4) is 12.5 Å². The molecule has 0 aromatic heterocycles. The molecule has 0 heterocycles. The predicted molar refractivity (Wildman–Crippen MR) is 20.9 cm³/mol. The molecule has 38 valence electrons. The molecule has 0 saturated carbocycles. The van der Waals surface area contributed by atoms with Gasteiger partial charge in [-0.25, -0.2) is 0 Å². The molecular formula is C2H2N2O2Se. The van der Waals surface area contributed by atoms with Gasteiger partial charge < -0.3 is 10.2 Å². The van der Waals surface area contributed by atoms with Crippen LogP contribution in [-0.4, -0.2) is 27.3 Å². The second-order valence-electron chi connectivity index (χ2n) is 0.200. The average Bonchev–Trinajstić information content (AvgIpc) is 1.39. The Morgan fingerprint density at radius 1 is 1.00 bits per heavy atom. The van der Waals surface area contributed by atoms with Crippen LogP contribution in [-0.2, 0) is 0 Å². The van der Waals surface area contributed by atoms with E-state index in [1.807, 2.05) is 0 Å². The normalized spacial score (nSPS) is 2.00. The number of nitriles is 2. The summed E-state index contributed by atoms with van der Waals surface area (Å²) < 4.78 is 0. The molecular weight excluding hydrogens is 163 g/mol. The van der Waals surface area contributed by atoms with Gasteiger partial charge in [-0.3, -0.25) is 0 Å². The molecule has 0 rings (SSSR count). The van der Waals surface area contributed by atoms with Gasteiger partial charge in [0, 0.05) is 17.1 Å². The minimum Gasteiger partial charge on any atom is -0.443 e. The van der Waals surface area contributed by atoms with Crippen molar-refractivity contribution in [1.82, 2.24) is 0 Å². The first-order valence-electron chi connectivity index (χ1n) is 0.894. The van der Waals surface area contributed by atoms with Crippen molar-refractivity contribution in [2.75, 3.05) is 0 Å². The van der Waals surface area contributed by atoms with Crippen molar-refractivity contribution < 1.29 is 10.2 Å². The first-order valence-corrected chi connectivity index (χ1v) is 0.894. The quantitative estimate of drug-likeness (QED) is 0.367. The van der Waals surface area contributed by atoms with Gasteiger partial charge in [0.25, 0.3) is 12.5 Å². The van der Waals surface area contributed by atoms with E-state index in [0.717, 1.165) is 12.5 Å². The van der Waals surface area contributed by atoms with Crippen LogP contribution in [0.5, 0.6) is 0 Å². The molecule has 0 amide bonds. The summed E-state index contributed by atoms with van der Waals surface area (Å²) in [6.45, 7) is 0. The van der Waals surface area contributed by atoms with E-state index in [2.05, 4.69) is 0 Å². The summed E-state index contributed by atoms with van der Waals surface area (Å²) in [5.41, 5.74) is 0. The Kier molecular flexibility index (Phi) is 167. The topological polar surface area (TPSA) is 88.0 Å². The average molecular weight is 165 g/mol. The van der Waals surface area contributed by atoms with Gasteiger partial charge in [-0.2, -0.15) is 10.5 Å². The summed E-state index contributed by atoms with van der Waals surface area (Å²) in [6, 6.07) is 0. The maximum Gasteiger partial charge on any atom is 0.283 e. The SMILES string of the molecule is N#CO.N#CO.[Se]. The van der Waals surface area contributed by atoms with Crippen LogP contribution in [0.25, 0.3) is 0 Å². The third kappa shape index (κ3) is 60.4. The van der Waals surface area contributed by atoms with Crippen LogP contribution in [0, 0.1) is 23.0 Å². The Hall–Kier alpha value is -0.901. The first-order chi connectivity index (χ1) is 2.83. The van der Waals surface area contributed by atoms with Crippen LogP contribution < -0.4 is 0 Å². The van der Waals surface area contributed by atoms with E-state index < -0.39 is 0 Å². The molecule has 0 spiro atoms. The summed E-state index contributed by atoms with van der Waals surface area (Å²) in [5.74, 6) is 0. The fraction of sp³-hybridized carbons (Fsp3) is 0. The maximum absolute atomic E-state index is 6.88. The smallest absolute Gasteiger partial charge is 0.283 e. The summed E-state index contributed by atoms with van der Waals surface area (Å²) in [4.78, 5) is 0. The number of aliphatic hydroxyl groups excluding tert-OH is 2. The van der Waals surface area contributed by atoms with Crippen molar-refractivity contribution in [2.45, 2.75) is 0 Å². The van der Waals surface area contributed by atoms with E-state index >= 15 is 0 Å². The standard InChI is InChI=1S/2CHNO.Se/c2*2-1-3;/h2*3H;. The maximum atomic E-state index is 6.88.